The number of benzene rings is 2. The van der Waals surface area contributed by atoms with Crippen LogP contribution in [0.25, 0.3) is 0 Å². The van der Waals surface area contributed by atoms with Crippen molar-refractivity contribution >= 4 is 23.6 Å². The molecule has 1 fully saturated rings. The van der Waals surface area contributed by atoms with Gasteiger partial charge >= 0.3 is 0 Å². The van der Waals surface area contributed by atoms with Crippen LogP contribution in [-0.2, 0) is 21.9 Å². The molecule has 3 rings (SSSR count). The molecule has 0 radical (unpaired) electrons. The van der Waals surface area contributed by atoms with E-state index in [1.165, 1.54) is 5.56 Å². The van der Waals surface area contributed by atoms with Gasteiger partial charge in [-0.25, -0.2) is 0 Å². The SMILES string of the molecule is CC[C@@H](C(=O)NC1CCCC1)N(Cc1cccc(OC)c1)C(=O)CCSCc1ccccc1. The fourth-order valence-corrected chi connectivity index (χ4v) is 5.21. The topological polar surface area (TPSA) is 58.6 Å². The number of amides is 2. The van der Waals surface area contributed by atoms with Gasteiger partial charge in [0.15, 0.2) is 0 Å². The molecule has 0 bridgehead atoms. The third-order valence-electron chi connectivity index (χ3n) is 6.15. The molecule has 2 aromatic rings. The molecule has 0 aliphatic heterocycles. The smallest absolute Gasteiger partial charge is 0.243 e. The standard InChI is InChI=1S/C27H36N2O3S/c1-3-25(27(31)28-23-13-7-8-14-23)29(19-22-12-9-15-24(18-22)32-2)26(30)16-17-33-20-21-10-5-4-6-11-21/h4-6,9-12,15,18,23,25H,3,7-8,13-14,16-17,19-20H2,1-2H3,(H,28,31)/t25-/m0/s1. The van der Waals surface area contributed by atoms with Crippen LogP contribution in [0, 0.1) is 0 Å². The average Bonchev–Trinajstić information content (AvgIpc) is 3.35. The minimum Gasteiger partial charge on any atom is -0.497 e. The van der Waals surface area contributed by atoms with E-state index in [1.807, 2.05) is 49.4 Å². The molecule has 178 valence electrons. The Bertz CT molecular complexity index is 884. The predicted octanol–water partition coefficient (Wildman–Crippen LogP) is 5.18. The molecule has 0 aromatic heterocycles. The Hall–Kier alpha value is -2.47. The van der Waals surface area contributed by atoms with Crippen molar-refractivity contribution in [1.82, 2.24) is 10.2 Å². The number of nitrogens with one attached hydrogen (secondary N) is 1. The molecule has 1 aliphatic rings. The Balaban J connectivity index is 1.67. The molecule has 6 heteroatoms. The van der Waals surface area contributed by atoms with E-state index in [9.17, 15) is 9.59 Å². The van der Waals surface area contributed by atoms with E-state index in [4.69, 9.17) is 4.74 Å². The van der Waals surface area contributed by atoms with E-state index in [1.54, 1.807) is 23.8 Å². The van der Waals surface area contributed by atoms with E-state index in [0.717, 1.165) is 48.5 Å². The van der Waals surface area contributed by atoms with E-state index < -0.39 is 6.04 Å². The van der Waals surface area contributed by atoms with Gasteiger partial charge in [0.25, 0.3) is 0 Å². The van der Waals surface area contributed by atoms with Gasteiger partial charge in [0.05, 0.1) is 7.11 Å². The molecule has 0 heterocycles. The van der Waals surface area contributed by atoms with Crippen LogP contribution in [0.1, 0.15) is 56.6 Å². The number of hydrogen-bond donors (Lipinski definition) is 1. The molecule has 0 unspecified atom stereocenters. The lowest BCUT2D eigenvalue weighted by atomic mass is 10.1. The summed E-state index contributed by atoms with van der Waals surface area (Å²) in [5.74, 6) is 2.35. The van der Waals surface area contributed by atoms with Crippen molar-refractivity contribution < 1.29 is 14.3 Å². The minimum atomic E-state index is -0.469. The molecule has 2 aromatic carbocycles. The van der Waals surface area contributed by atoms with Gasteiger partial charge in [0.1, 0.15) is 11.8 Å². The zero-order chi connectivity index (χ0) is 23.5. The predicted molar refractivity (Wildman–Crippen MR) is 135 cm³/mol. The Morgan fingerprint density at radius 3 is 2.52 bits per heavy atom. The lowest BCUT2D eigenvalue weighted by molar-refractivity contribution is -0.141. The molecule has 1 N–H and O–H groups in total. The molecule has 2 amide bonds. The number of ether oxygens (including phenoxy) is 1. The fraction of sp³-hybridized carbons (Fsp3) is 0.481. The summed E-state index contributed by atoms with van der Waals surface area (Å²) in [5.41, 5.74) is 2.22. The van der Waals surface area contributed by atoms with Gasteiger partial charge in [-0.05, 0) is 42.5 Å². The molecule has 1 atom stereocenters. The summed E-state index contributed by atoms with van der Waals surface area (Å²) in [6, 6.07) is 17.8. The van der Waals surface area contributed by atoms with Crippen LogP contribution in [0.3, 0.4) is 0 Å². The van der Waals surface area contributed by atoms with Crippen molar-refractivity contribution in [1.29, 1.82) is 0 Å². The highest BCUT2D eigenvalue weighted by atomic mass is 32.2. The van der Waals surface area contributed by atoms with Crippen LogP contribution in [0.5, 0.6) is 5.75 Å². The molecular formula is C27H36N2O3S. The van der Waals surface area contributed by atoms with Crippen molar-refractivity contribution in [3.63, 3.8) is 0 Å². The lowest BCUT2D eigenvalue weighted by Gasteiger charge is -2.31. The summed E-state index contributed by atoms with van der Waals surface area (Å²) in [7, 11) is 1.63. The second kappa shape index (κ2) is 13.3. The first kappa shape index (κ1) is 25.2. The maximum absolute atomic E-state index is 13.4. The number of carbonyl (C=O) groups is 2. The van der Waals surface area contributed by atoms with Gasteiger partial charge in [-0.2, -0.15) is 11.8 Å². The quantitative estimate of drug-likeness (QED) is 0.436. The van der Waals surface area contributed by atoms with Gasteiger partial charge < -0.3 is 15.0 Å². The van der Waals surface area contributed by atoms with E-state index >= 15 is 0 Å². The number of nitrogens with zero attached hydrogens (tertiary/aromatic N) is 1. The van der Waals surface area contributed by atoms with Crippen LogP contribution in [0.2, 0.25) is 0 Å². The molecule has 1 aliphatic carbocycles. The van der Waals surface area contributed by atoms with Crippen molar-refractivity contribution in [2.45, 2.75) is 69.8 Å². The molecular weight excluding hydrogens is 432 g/mol. The minimum absolute atomic E-state index is 0.0202. The normalized spacial score (nSPS) is 14.6. The zero-order valence-electron chi connectivity index (χ0n) is 19.8. The van der Waals surface area contributed by atoms with Gasteiger partial charge in [0.2, 0.25) is 11.8 Å². The highest BCUT2D eigenvalue weighted by molar-refractivity contribution is 7.98. The second-order valence-corrected chi connectivity index (χ2v) is 9.68. The average molecular weight is 469 g/mol. The van der Waals surface area contributed by atoms with Crippen molar-refractivity contribution in [2.24, 2.45) is 0 Å². The van der Waals surface area contributed by atoms with Crippen molar-refractivity contribution in [3.05, 3.63) is 65.7 Å². The molecule has 0 saturated heterocycles. The maximum Gasteiger partial charge on any atom is 0.243 e. The van der Waals surface area contributed by atoms with Crippen LogP contribution in [-0.4, -0.2) is 41.7 Å². The summed E-state index contributed by atoms with van der Waals surface area (Å²) in [5, 5.41) is 3.20. The first-order valence-electron chi connectivity index (χ1n) is 11.9. The van der Waals surface area contributed by atoms with Crippen molar-refractivity contribution in [2.75, 3.05) is 12.9 Å². The summed E-state index contributed by atoms with van der Waals surface area (Å²) < 4.78 is 5.36. The third-order valence-corrected chi connectivity index (χ3v) is 7.18. The summed E-state index contributed by atoms with van der Waals surface area (Å²) in [4.78, 5) is 28.3. The van der Waals surface area contributed by atoms with Crippen LogP contribution >= 0.6 is 11.8 Å². The second-order valence-electron chi connectivity index (χ2n) is 8.58. The fourth-order valence-electron chi connectivity index (χ4n) is 4.32. The number of methoxy groups -OCH3 is 1. The summed E-state index contributed by atoms with van der Waals surface area (Å²) in [6.07, 6.45) is 5.38. The largest absolute Gasteiger partial charge is 0.497 e. The number of thioether (sulfide) groups is 1. The molecule has 1 saturated carbocycles. The first-order valence-corrected chi connectivity index (χ1v) is 13.1. The summed E-state index contributed by atoms with van der Waals surface area (Å²) >= 11 is 1.75. The molecule has 0 spiro atoms. The number of carbonyl (C=O) groups excluding carboxylic acids is 2. The highest BCUT2D eigenvalue weighted by Crippen LogP contribution is 2.21. The number of hydrogen-bond acceptors (Lipinski definition) is 4. The van der Waals surface area contributed by atoms with E-state index in [0.29, 0.717) is 19.4 Å². The van der Waals surface area contributed by atoms with Gasteiger partial charge in [0, 0.05) is 30.5 Å². The Kier molecular flexibility index (Phi) is 10.1. The van der Waals surface area contributed by atoms with Crippen LogP contribution < -0.4 is 10.1 Å². The Morgan fingerprint density at radius 1 is 1.09 bits per heavy atom. The Morgan fingerprint density at radius 2 is 1.82 bits per heavy atom. The maximum atomic E-state index is 13.4. The van der Waals surface area contributed by atoms with Gasteiger partial charge in [-0.1, -0.05) is 62.2 Å². The Labute approximate surface area is 202 Å². The first-order chi connectivity index (χ1) is 16.1. The van der Waals surface area contributed by atoms with Gasteiger partial charge in [-0.15, -0.1) is 0 Å². The number of rotatable bonds is 12. The molecule has 5 nitrogen and oxygen atoms in total. The monoisotopic (exact) mass is 468 g/mol. The molecule has 33 heavy (non-hydrogen) atoms. The summed E-state index contributed by atoms with van der Waals surface area (Å²) in [6.45, 7) is 2.38. The zero-order valence-corrected chi connectivity index (χ0v) is 20.6. The van der Waals surface area contributed by atoms with E-state index in [-0.39, 0.29) is 17.9 Å². The van der Waals surface area contributed by atoms with Gasteiger partial charge in [-0.3, -0.25) is 9.59 Å². The van der Waals surface area contributed by atoms with Crippen LogP contribution in [0.4, 0.5) is 0 Å². The third kappa shape index (κ3) is 7.81. The van der Waals surface area contributed by atoms with Crippen molar-refractivity contribution in [3.8, 4) is 5.75 Å². The van der Waals surface area contributed by atoms with Crippen LogP contribution in [0.15, 0.2) is 54.6 Å². The van der Waals surface area contributed by atoms with E-state index in [2.05, 4.69) is 17.4 Å². The lowest BCUT2D eigenvalue weighted by Crippen LogP contribution is -2.51. The highest BCUT2D eigenvalue weighted by Gasteiger charge is 2.30.